The molecule has 104 valence electrons. The minimum Gasteiger partial charge on any atom is -0.354 e. The van der Waals surface area contributed by atoms with Gasteiger partial charge in [0.15, 0.2) is 5.96 Å². The quantitative estimate of drug-likeness (QED) is 0.419. The average Bonchev–Trinajstić information content (AvgIpc) is 2.31. The molecule has 0 heterocycles. The van der Waals surface area contributed by atoms with Crippen molar-refractivity contribution in [2.45, 2.75) is 26.8 Å². The van der Waals surface area contributed by atoms with Crippen LogP contribution in [0.5, 0.6) is 0 Å². The van der Waals surface area contributed by atoms with Gasteiger partial charge >= 0.3 is 0 Å². The van der Waals surface area contributed by atoms with E-state index in [0.29, 0.717) is 18.4 Å². The summed E-state index contributed by atoms with van der Waals surface area (Å²) in [4.78, 5) is 17.3. The summed E-state index contributed by atoms with van der Waals surface area (Å²) in [5.74, 6) is 1.11. The monoisotopic (exact) mass is 254 g/mol. The number of hydrogen-bond donors (Lipinski definition) is 2. The predicted molar refractivity (Wildman–Crippen MR) is 76.6 cm³/mol. The fourth-order valence-corrected chi connectivity index (χ4v) is 0.992. The van der Waals surface area contributed by atoms with Crippen molar-refractivity contribution in [3.63, 3.8) is 0 Å². The topological polar surface area (TPSA) is 56.7 Å². The van der Waals surface area contributed by atoms with E-state index in [1.807, 2.05) is 0 Å². The number of guanidine groups is 1. The summed E-state index contributed by atoms with van der Waals surface area (Å²) >= 11 is 0. The molecular formula is C13H26N4O. The van der Waals surface area contributed by atoms with Gasteiger partial charge in [-0.05, 0) is 12.8 Å². The molecule has 0 aliphatic heterocycles. The summed E-state index contributed by atoms with van der Waals surface area (Å²) in [5, 5.41) is 6.37. The Hall–Kier alpha value is -1.52. The Morgan fingerprint density at radius 1 is 1.39 bits per heavy atom. The number of likely N-dealkylation sites (N-methyl/N-ethyl adjacent to an activating group) is 1. The van der Waals surface area contributed by atoms with Gasteiger partial charge in [0.2, 0.25) is 5.91 Å². The van der Waals surface area contributed by atoms with Gasteiger partial charge < -0.3 is 15.5 Å². The minimum absolute atomic E-state index is 0.0214. The van der Waals surface area contributed by atoms with Gasteiger partial charge in [0.1, 0.15) is 6.54 Å². The number of carbonyl (C=O) groups excluding carboxylic acids is 1. The molecule has 1 atom stereocenters. The van der Waals surface area contributed by atoms with Crippen molar-refractivity contribution in [3.05, 3.63) is 12.7 Å². The summed E-state index contributed by atoms with van der Waals surface area (Å²) in [6.45, 7) is 10.8. The number of carbonyl (C=O) groups is 1. The highest BCUT2D eigenvalue weighted by Crippen LogP contribution is 1.99. The molecule has 0 aromatic heterocycles. The Bertz CT molecular complexity index is 297. The summed E-state index contributed by atoms with van der Waals surface area (Å²) in [6.07, 6.45) is 1.75. The van der Waals surface area contributed by atoms with Gasteiger partial charge in [-0.1, -0.05) is 19.9 Å². The number of aliphatic imine (C=N–C) groups is 1. The Kier molecular flexibility index (Phi) is 7.83. The number of nitrogens with zero attached hydrogens (tertiary/aromatic N) is 2. The first-order chi connectivity index (χ1) is 8.38. The molecule has 0 fully saturated rings. The van der Waals surface area contributed by atoms with E-state index in [4.69, 9.17) is 0 Å². The number of hydrogen-bond acceptors (Lipinski definition) is 2. The molecule has 0 aromatic carbocycles. The Balaban J connectivity index is 4.50. The van der Waals surface area contributed by atoms with Gasteiger partial charge in [-0.25, -0.2) is 4.99 Å². The summed E-state index contributed by atoms with van der Waals surface area (Å²) in [6, 6.07) is 0.288. The van der Waals surface area contributed by atoms with Crippen molar-refractivity contribution in [1.29, 1.82) is 0 Å². The molecule has 0 radical (unpaired) electrons. The molecule has 0 bridgehead atoms. The highest BCUT2D eigenvalue weighted by Gasteiger charge is 2.09. The van der Waals surface area contributed by atoms with Crippen LogP contribution in [0.4, 0.5) is 0 Å². The molecule has 1 unspecified atom stereocenters. The van der Waals surface area contributed by atoms with E-state index < -0.39 is 0 Å². The lowest BCUT2D eigenvalue weighted by Gasteiger charge is -2.20. The Morgan fingerprint density at radius 3 is 2.44 bits per heavy atom. The Morgan fingerprint density at radius 2 is 2.00 bits per heavy atom. The fourth-order valence-electron chi connectivity index (χ4n) is 0.992. The molecule has 0 rings (SSSR count). The van der Waals surface area contributed by atoms with Crippen molar-refractivity contribution >= 4 is 11.9 Å². The zero-order valence-corrected chi connectivity index (χ0v) is 12.2. The molecule has 0 aliphatic carbocycles. The van der Waals surface area contributed by atoms with E-state index in [9.17, 15) is 4.79 Å². The van der Waals surface area contributed by atoms with E-state index >= 15 is 0 Å². The van der Waals surface area contributed by atoms with Gasteiger partial charge in [0.25, 0.3) is 0 Å². The number of rotatable bonds is 6. The van der Waals surface area contributed by atoms with Crippen LogP contribution in [0.1, 0.15) is 20.8 Å². The third kappa shape index (κ3) is 6.93. The third-order valence-corrected chi connectivity index (χ3v) is 2.65. The van der Waals surface area contributed by atoms with E-state index in [1.165, 1.54) is 4.90 Å². The molecule has 18 heavy (non-hydrogen) atoms. The smallest absolute Gasteiger partial charge is 0.243 e. The normalized spacial score (nSPS) is 13.1. The maximum Gasteiger partial charge on any atom is 0.243 e. The summed E-state index contributed by atoms with van der Waals surface area (Å²) in [7, 11) is 3.44. The first-order valence-electron chi connectivity index (χ1n) is 6.24. The maximum absolute atomic E-state index is 11.5. The molecular weight excluding hydrogens is 228 g/mol. The van der Waals surface area contributed by atoms with E-state index in [-0.39, 0.29) is 18.5 Å². The van der Waals surface area contributed by atoms with Crippen LogP contribution < -0.4 is 10.6 Å². The van der Waals surface area contributed by atoms with Crippen molar-refractivity contribution in [2.75, 3.05) is 27.2 Å². The average molecular weight is 254 g/mol. The van der Waals surface area contributed by atoms with Gasteiger partial charge in [0, 0.05) is 26.7 Å². The summed E-state index contributed by atoms with van der Waals surface area (Å²) in [5.41, 5.74) is 0. The molecule has 0 saturated carbocycles. The van der Waals surface area contributed by atoms with Crippen LogP contribution in [0, 0.1) is 5.92 Å². The summed E-state index contributed by atoms with van der Waals surface area (Å²) < 4.78 is 0. The predicted octanol–water partition coefficient (Wildman–Crippen LogP) is 0.840. The van der Waals surface area contributed by atoms with Crippen LogP contribution in [-0.2, 0) is 4.79 Å². The van der Waals surface area contributed by atoms with E-state index in [0.717, 1.165) is 0 Å². The minimum atomic E-state index is -0.0214. The standard InChI is InChI=1S/C13H26N4O/c1-7-8-14-13(16-11(4)10(2)3)15-9-12(18)17(5)6/h7,10-11H,1,8-9H2,2-6H3,(H2,14,15,16). The van der Waals surface area contributed by atoms with Crippen molar-refractivity contribution in [2.24, 2.45) is 10.9 Å². The zero-order valence-electron chi connectivity index (χ0n) is 12.2. The van der Waals surface area contributed by atoms with Crippen LogP contribution in [0.2, 0.25) is 0 Å². The lowest BCUT2D eigenvalue weighted by molar-refractivity contribution is -0.127. The van der Waals surface area contributed by atoms with Crippen LogP contribution in [0.3, 0.4) is 0 Å². The van der Waals surface area contributed by atoms with Gasteiger partial charge in [-0.2, -0.15) is 0 Å². The second-order valence-electron chi connectivity index (χ2n) is 4.80. The Labute approximate surface area is 110 Å². The molecule has 0 spiro atoms. The molecule has 2 N–H and O–H groups in total. The first-order valence-corrected chi connectivity index (χ1v) is 6.24. The largest absolute Gasteiger partial charge is 0.354 e. The molecule has 0 aliphatic rings. The molecule has 5 nitrogen and oxygen atoms in total. The molecule has 0 aromatic rings. The number of amides is 1. The van der Waals surface area contributed by atoms with Crippen LogP contribution >= 0.6 is 0 Å². The van der Waals surface area contributed by atoms with Gasteiger partial charge in [-0.3, -0.25) is 4.79 Å². The van der Waals surface area contributed by atoms with Crippen LogP contribution in [0.15, 0.2) is 17.6 Å². The third-order valence-electron chi connectivity index (χ3n) is 2.65. The lowest BCUT2D eigenvalue weighted by atomic mass is 10.1. The zero-order chi connectivity index (χ0) is 14.1. The highest BCUT2D eigenvalue weighted by atomic mass is 16.2. The van der Waals surface area contributed by atoms with Crippen LogP contribution in [-0.4, -0.2) is 50.0 Å². The van der Waals surface area contributed by atoms with Crippen molar-refractivity contribution in [3.8, 4) is 0 Å². The van der Waals surface area contributed by atoms with E-state index in [2.05, 4.69) is 43.0 Å². The van der Waals surface area contributed by atoms with Crippen LogP contribution in [0.25, 0.3) is 0 Å². The SMILES string of the molecule is C=CCNC(=NCC(=O)N(C)C)NC(C)C(C)C. The van der Waals surface area contributed by atoms with Crippen molar-refractivity contribution in [1.82, 2.24) is 15.5 Å². The maximum atomic E-state index is 11.5. The molecule has 1 amide bonds. The molecule has 5 heteroatoms. The van der Waals surface area contributed by atoms with E-state index in [1.54, 1.807) is 20.2 Å². The second kappa shape index (κ2) is 8.55. The first kappa shape index (κ1) is 16.5. The van der Waals surface area contributed by atoms with Crippen molar-refractivity contribution < 1.29 is 4.79 Å². The van der Waals surface area contributed by atoms with Gasteiger partial charge in [-0.15, -0.1) is 6.58 Å². The number of nitrogens with one attached hydrogen (secondary N) is 2. The highest BCUT2D eigenvalue weighted by molar-refractivity contribution is 5.85. The molecule has 0 saturated heterocycles. The van der Waals surface area contributed by atoms with Gasteiger partial charge in [0.05, 0.1) is 0 Å². The second-order valence-corrected chi connectivity index (χ2v) is 4.80. The lowest BCUT2D eigenvalue weighted by Crippen LogP contribution is -2.44. The fraction of sp³-hybridized carbons (Fsp3) is 0.692.